The number of rotatable bonds is 6. The van der Waals surface area contributed by atoms with E-state index in [4.69, 9.17) is 0 Å². The van der Waals surface area contributed by atoms with Gasteiger partial charge in [-0.15, -0.1) is 0 Å². The Hall–Kier alpha value is -0.630. The van der Waals surface area contributed by atoms with Crippen LogP contribution in [0.3, 0.4) is 0 Å². The van der Waals surface area contributed by atoms with E-state index in [2.05, 4.69) is 18.4 Å². The molecule has 0 spiro atoms. The van der Waals surface area contributed by atoms with E-state index in [1.165, 1.54) is 6.08 Å². The molecule has 0 aromatic rings. The van der Waals surface area contributed by atoms with Gasteiger partial charge in [-0.3, -0.25) is 4.79 Å². The third-order valence-electron chi connectivity index (χ3n) is 2.15. The van der Waals surface area contributed by atoms with Crippen molar-refractivity contribution in [2.45, 2.75) is 32.2 Å². The van der Waals surface area contributed by atoms with E-state index in [0.29, 0.717) is 12.5 Å². The fraction of sp³-hybridized carbons (Fsp3) is 0.700. The second-order valence-electron chi connectivity index (χ2n) is 3.23. The van der Waals surface area contributed by atoms with Gasteiger partial charge in [0.05, 0.1) is 0 Å². The first kappa shape index (κ1) is 11.4. The third kappa shape index (κ3) is 4.29. The van der Waals surface area contributed by atoms with Gasteiger partial charge in [-0.05, 0) is 33.0 Å². The van der Waals surface area contributed by atoms with Crippen molar-refractivity contribution in [1.29, 1.82) is 0 Å². The number of allylic oxidation sites excluding steroid dienone is 1. The van der Waals surface area contributed by atoms with Crippen LogP contribution in [0.1, 0.15) is 26.2 Å². The van der Waals surface area contributed by atoms with Crippen LogP contribution < -0.4 is 0 Å². The van der Waals surface area contributed by atoms with Crippen molar-refractivity contribution in [1.82, 2.24) is 4.90 Å². The molecule has 0 saturated carbocycles. The quantitative estimate of drug-likeness (QED) is 0.566. The Labute approximate surface area is 75.3 Å². The van der Waals surface area contributed by atoms with Gasteiger partial charge in [0.15, 0.2) is 5.78 Å². The first-order valence-electron chi connectivity index (χ1n) is 4.43. The molecule has 1 atom stereocenters. The Morgan fingerprint density at radius 3 is 2.50 bits per heavy atom. The molecule has 70 valence electrons. The lowest BCUT2D eigenvalue weighted by atomic mass is 10.1. The number of nitrogens with zero attached hydrogens (tertiary/aromatic N) is 1. The van der Waals surface area contributed by atoms with E-state index in [1.54, 1.807) is 0 Å². The molecular formula is C10H19NO. The number of carbonyl (C=O) groups excluding carboxylic acids is 1. The summed E-state index contributed by atoms with van der Waals surface area (Å²) in [5, 5.41) is 0. The van der Waals surface area contributed by atoms with Gasteiger partial charge in [0.2, 0.25) is 0 Å². The summed E-state index contributed by atoms with van der Waals surface area (Å²) in [5.41, 5.74) is 0. The summed E-state index contributed by atoms with van der Waals surface area (Å²) in [7, 11) is 4.10. The summed E-state index contributed by atoms with van der Waals surface area (Å²) < 4.78 is 0. The van der Waals surface area contributed by atoms with Crippen molar-refractivity contribution in [3.05, 3.63) is 12.7 Å². The highest BCUT2D eigenvalue weighted by Crippen LogP contribution is 2.07. The van der Waals surface area contributed by atoms with Crippen molar-refractivity contribution >= 4 is 5.78 Å². The van der Waals surface area contributed by atoms with E-state index < -0.39 is 0 Å². The van der Waals surface area contributed by atoms with Crippen LogP contribution in [0.5, 0.6) is 0 Å². The van der Waals surface area contributed by atoms with Crippen molar-refractivity contribution in [3.63, 3.8) is 0 Å². The van der Waals surface area contributed by atoms with Crippen LogP contribution in [-0.4, -0.2) is 30.8 Å². The van der Waals surface area contributed by atoms with Crippen LogP contribution in [0.4, 0.5) is 0 Å². The van der Waals surface area contributed by atoms with Crippen LogP contribution in [-0.2, 0) is 4.79 Å². The highest BCUT2D eigenvalue weighted by atomic mass is 16.1. The van der Waals surface area contributed by atoms with Crippen LogP contribution in [0, 0.1) is 0 Å². The van der Waals surface area contributed by atoms with E-state index in [0.717, 1.165) is 12.8 Å². The minimum atomic E-state index is 0.148. The zero-order chi connectivity index (χ0) is 9.56. The average Bonchev–Trinajstić information content (AvgIpc) is 2.04. The predicted molar refractivity (Wildman–Crippen MR) is 52.2 cm³/mol. The first-order chi connectivity index (χ1) is 5.61. The predicted octanol–water partition coefficient (Wildman–Crippen LogP) is 1.86. The van der Waals surface area contributed by atoms with Crippen LogP contribution in [0.2, 0.25) is 0 Å². The smallest absolute Gasteiger partial charge is 0.155 e. The Balaban J connectivity index is 3.72. The standard InChI is InChI=1S/C10H19NO/c1-5-9(11(3)4)7-8-10(12)6-2/h6,9H,2,5,7-8H2,1,3-4H3. The number of hydrogen-bond donors (Lipinski definition) is 0. The van der Waals surface area contributed by atoms with Crippen LogP contribution in [0.25, 0.3) is 0 Å². The topological polar surface area (TPSA) is 20.3 Å². The molecule has 12 heavy (non-hydrogen) atoms. The number of carbonyl (C=O) groups is 1. The zero-order valence-corrected chi connectivity index (χ0v) is 8.34. The highest BCUT2D eigenvalue weighted by Gasteiger charge is 2.09. The van der Waals surface area contributed by atoms with Gasteiger partial charge in [-0.2, -0.15) is 0 Å². The molecule has 0 aliphatic heterocycles. The summed E-state index contributed by atoms with van der Waals surface area (Å²) in [6, 6.07) is 0.522. The average molecular weight is 169 g/mol. The maximum absolute atomic E-state index is 10.9. The van der Waals surface area contributed by atoms with Gasteiger partial charge in [-0.1, -0.05) is 13.5 Å². The minimum Gasteiger partial charge on any atom is -0.306 e. The molecule has 0 aliphatic rings. The molecule has 0 bridgehead atoms. The van der Waals surface area contributed by atoms with E-state index >= 15 is 0 Å². The number of hydrogen-bond acceptors (Lipinski definition) is 2. The van der Waals surface area contributed by atoms with Gasteiger partial charge in [0.25, 0.3) is 0 Å². The lowest BCUT2D eigenvalue weighted by molar-refractivity contribution is -0.114. The summed E-state index contributed by atoms with van der Waals surface area (Å²) in [5.74, 6) is 0.148. The molecule has 1 unspecified atom stereocenters. The SMILES string of the molecule is C=CC(=O)CCC(CC)N(C)C. The van der Waals surface area contributed by atoms with Gasteiger partial charge in [0, 0.05) is 12.5 Å². The Kier molecular flexibility index (Phi) is 5.64. The summed E-state index contributed by atoms with van der Waals surface area (Å²) in [6.45, 7) is 5.59. The minimum absolute atomic E-state index is 0.148. The molecule has 2 heteroatoms. The molecule has 0 rings (SSSR count). The summed E-state index contributed by atoms with van der Waals surface area (Å²) in [4.78, 5) is 13.1. The van der Waals surface area contributed by atoms with Crippen molar-refractivity contribution < 1.29 is 4.79 Å². The molecule has 0 aliphatic carbocycles. The lowest BCUT2D eigenvalue weighted by Crippen LogP contribution is -2.27. The van der Waals surface area contributed by atoms with Crippen LogP contribution >= 0.6 is 0 Å². The highest BCUT2D eigenvalue weighted by molar-refractivity contribution is 5.88. The Bertz CT molecular complexity index is 152. The van der Waals surface area contributed by atoms with Crippen molar-refractivity contribution in [2.75, 3.05) is 14.1 Å². The van der Waals surface area contributed by atoms with E-state index in [-0.39, 0.29) is 5.78 Å². The summed E-state index contributed by atoms with van der Waals surface area (Å²) in [6.07, 6.45) is 4.06. The fourth-order valence-electron chi connectivity index (χ4n) is 1.24. The maximum atomic E-state index is 10.9. The molecule has 0 saturated heterocycles. The Morgan fingerprint density at radius 2 is 2.17 bits per heavy atom. The van der Waals surface area contributed by atoms with Crippen molar-refractivity contribution in [2.24, 2.45) is 0 Å². The van der Waals surface area contributed by atoms with Gasteiger partial charge < -0.3 is 4.90 Å². The lowest BCUT2D eigenvalue weighted by Gasteiger charge is -2.21. The second kappa shape index (κ2) is 5.95. The molecule has 0 radical (unpaired) electrons. The maximum Gasteiger partial charge on any atom is 0.155 e. The molecule has 0 fully saturated rings. The fourth-order valence-corrected chi connectivity index (χ4v) is 1.24. The van der Waals surface area contributed by atoms with Crippen LogP contribution in [0.15, 0.2) is 12.7 Å². The summed E-state index contributed by atoms with van der Waals surface area (Å²) >= 11 is 0. The Morgan fingerprint density at radius 1 is 1.58 bits per heavy atom. The normalized spacial score (nSPS) is 13.0. The van der Waals surface area contributed by atoms with E-state index in [9.17, 15) is 4.79 Å². The van der Waals surface area contributed by atoms with E-state index in [1.807, 2.05) is 14.1 Å². The zero-order valence-electron chi connectivity index (χ0n) is 8.34. The molecule has 0 heterocycles. The molecule has 0 aromatic heterocycles. The molecule has 0 aromatic carbocycles. The first-order valence-corrected chi connectivity index (χ1v) is 4.43. The monoisotopic (exact) mass is 169 g/mol. The second-order valence-corrected chi connectivity index (χ2v) is 3.23. The third-order valence-corrected chi connectivity index (χ3v) is 2.15. The molecule has 0 amide bonds. The largest absolute Gasteiger partial charge is 0.306 e. The molecule has 2 nitrogen and oxygen atoms in total. The van der Waals surface area contributed by atoms with Crippen molar-refractivity contribution in [3.8, 4) is 0 Å². The van der Waals surface area contributed by atoms with Gasteiger partial charge >= 0.3 is 0 Å². The number of ketones is 1. The van der Waals surface area contributed by atoms with Gasteiger partial charge in [-0.25, -0.2) is 0 Å². The molecule has 0 N–H and O–H groups in total. The van der Waals surface area contributed by atoms with Gasteiger partial charge in [0.1, 0.15) is 0 Å². The molecular weight excluding hydrogens is 150 g/mol.